The molecular weight excluding hydrogens is 279 g/mol. The fourth-order valence-corrected chi connectivity index (χ4v) is 2.95. The van der Waals surface area contributed by atoms with Gasteiger partial charge in [0.15, 0.2) is 0 Å². The predicted octanol–water partition coefficient (Wildman–Crippen LogP) is 4.07. The van der Waals surface area contributed by atoms with Crippen molar-refractivity contribution in [2.45, 2.75) is 20.3 Å². The number of benzene rings is 1. The summed E-state index contributed by atoms with van der Waals surface area (Å²) in [7, 11) is 0. The first-order chi connectivity index (χ1) is 9.08. The zero-order valence-corrected chi connectivity index (χ0v) is 13.1. The second-order valence-corrected chi connectivity index (χ2v) is 6.51. The fraction of sp³-hybridized carbons (Fsp3) is 0.600. The number of hydrogen-bond donors (Lipinski definition) is 1. The minimum Gasteiger partial charge on any atom is -0.370 e. The SMILES string of the molecule is CC(C)CNCC1CCN(c2cccc(Cl)c2Cl)C1. The molecule has 1 fully saturated rings. The Bertz CT molecular complexity index is 421. The predicted molar refractivity (Wildman–Crippen MR) is 84.5 cm³/mol. The molecule has 1 aromatic carbocycles. The van der Waals surface area contributed by atoms with Crippen LogP contribution in [0, 0.1) is 11.8 Å². The van der Waals surface area contributed by atoms with E-state index in [1.54, 1.807) is 0 Å². The quantitative estimate of drug-likeness (QED) is 0.882. The third-order valence-electron chi connectivity index (χ3n) is 3.54. The summed E-state index contributed by atoms with van der Waals surface area (Å²) >= 11 is 12.4. The highest BCUT2D eigenvalue weighted by molar-refractivity contribution is 6.43. The van der Waals surface area contributed by atoms with Gasteiger partial charge in [0.05, 0.1) is 15.7 Å². The molecule has 1 heterocycles. The molecule has 1 aromatic rings. The first kappa shape index (κ1) is 15.0. The Morgan fingerprint density at radius 3 is 2.89 bits per heavy atom. The summed E-state index contributed by atoms with van der Waals surface area (Å²) in [5.74, 6) is 1.41. The molecule has 1 aliphatic rings. The van der Waals surface area contributed by atoms with Crippen molar-refractivity contribution in [1.82, 2.24) is 5.32 Å². The molecule has 0 bridgehead atoms. The summed E-state index contributed by atoms with van der Waals surface area (Å²) in [6.07, 6.45) is 1.22. The Balaban J connectivity index is 1.89. The number of rotatable bonds is 5. The van der Waals surface area contributed by atoms with Crippen LogP contribution in [0.5, 0.6) is 0 Å². The van der Waals surface area contributed by atoms with Gasteiger partial charge in [0.2, 0.25) is 0 Å². The molecule has 1 aliphatic heterocycles. The molecule has 0 aromatic heterocycles. The smallest absolute Gasteiger partial charge is 0.0825 e. The molecule has 0 saturated carbocycles. The molecule has 2 nitrogen and oxygen atoms in total. The summed E-state index contributed by atoms with van der Waals surface area (Å²) in [4.78, 5) is 2.34. The first-order valence-corrected chi connectivity index (χ1v) is 7.73. The molecule has 1 atom stereocenters. The van der Waals surface area contributed by atoms with Crippen molar-refractivity contribution in [1.29, 1.82) is 0 Å². The Hall–Kier alpha value is -0.440. The molecule has 1 unspecified atom stereocenters. The topological polar surface area (TPSA) is 15.3 Å². The molecule has 106 valence electrons. The van der Waals surface area contributed by atoms with Gasteiger partial charge in [-0.2, -0.15) is 0 Å². The van der Waals surface area contributed by atoms with Gasteiger partial charge in [0.1, 0.15) is 0 Å². The summed E-state index contributed by atoms with van der Waals surface area (Å²) < 4.78 is 0. The lowest BCUT2D eigenvalue weighted by Crippen LogP contribution is -2.28. The average molecular weight is 301 g/mol. The number of nitrogens with zero attached hydrogens (tertiary/aromatic N) is 1. The van der Waals surface area contributed by atoms with Gasteiger partial charge in [-0.05, 0) is 43.5 Å². The van der Waals surface area contributed by atoms with E-state index >= 15 is 0 Å². The molecule has 1 saturated heterocycles. The largest absolute Gasteiger partial charge is 0.370 e. The maximum Gasteiger partial charge on any atom is 0.0825 e. The van der Waals surface area contributed by atoms with Crippen LogP contribution in [0.2, 0.25) is 10.0 Å². The highest BCUT2D eigenvalue weighted by atomic mass is 35.5. The second kappa shape index (κ2) is 6.83. The molecule has 1 N–H and O–H groups in total. The molecule has 19 heavy (non-hydrogen) atoms. The van der Waals surface area contributed by atoms with Gasteiger partial charge in [0.25, 0.3) is 0 Å². The molecule has 0 spiro atoms. The minimum atomic E-state index is 0.639. The van der Waals surface area contributed by atoms with Gasteiger partial charge in [-0.1, -0.05) is 43.1 Å². The van der Waals surface area contributed by atoms with E-state index in [1.165, 1.54) is 6.42 Å². The van der Waals surface area contributed by atoms with Crippen LogP contribution in [0.25, 0.3) is 0 Å². The lowest BCUT2D eigenvalue weighted by Gasteiger charge is -2.20. The molecule has 2 rings (SSSR count). The van der Waals surface area contributed by atoms with E-state index in [1.807, 2.05) is 12.1 Å². The fourth-order valence-electron chi connectivity index (χ4n) is 2.53. The summed E-state index contributed by atoms with van der Waals surface area (Å²) in [5, 5.41) is 4.86. The van der Waals surface area contributed by atoms with Crippen molar-refractivity contribution < 1.29 is 0 Å². The van der Waals surface area contributed by atoms with Gasteiger partial charge in [-0.25, -0.2) is 0 Å². The zero-order valence-electron chi connectivity index (χ0n) is 11.6. The first-order valence-electron chi connectivity index (χ1n) is 6.97. The Morgan fingerprint density at radius 2 is 2.16 bits per heavy atom. The van der Waals surface area contributed by atoms with Crippen molar-refractivity contribution in [3.05, 3.63) is 28.2 Å². The molecule has 0 amide bonds. The third kappa shape index (κ3) is 4.01. The van der Waals surface area contributed by atoms with Gasteiger partial charge in [0, 0.05) is 13.1 Å². The highest BCUT2D eigenvalue weighted by Gasteiger charge is 2.24. The Kier molecular flexibility index (Phi) is 5.37. The second-order valence-electron chi connectivity index (χ2n) is 5.73. The van der Waals surface area contributed by atoms with E-state index < -0.39 is 0 Å². The van der Waals surface area contributed by atoms with E-state index in [0.717, 1.165) is 31.9 Å². The molecular formula is C15H22Cl2N2. The van der Waals surface area contributed by atoms with Crippen molar-refractivity contribution >= 4 is 28.9 Å². The van der Waals surface area contributed by atoms with Crippen LogP contribution in [0.3, 0.4) is 0 Å². The van der Waals surface area contributed by atoms with Crippen LogP contribution in [0.1, 0.15) is 20.3 Å². The van der Waals surface area contributed by atoms with Crippen LogP contribution in [-0.4, -0.2) is 26.2 Å². The standard InChI is InChI=1S/C15H22Cl2N2/c1-11(2)8-18-9-12-6-7-19(10-12)14-5-3-4-13(16)15(14)17/h3-5,11-12,18H,6-10H2,1-2H3. The molecule has 0 aliphatic carbocycles. The van der Waals surface area contributed by atoms with E-state index in [9.17, 15) is 0 Å². The zero-order chi connectivity index (χ0) is 13.8. The van der Waals surface area contributed by atoms with Crippen LogP contribution in [0.4, 0.5) is 5.69 Å². The van der Waals surface area contributed by atoms with E-state index in [2.05, 4.69) is 30.1 Å². The van der Waals surface area contributed by atoms with Crippen LogP contribution < -0.4 is 10.2 Å². The summed E-state index contributed by atoms with van der Waals surface area (Å²) in [6.45, 7) is 8.78. The Morgan fingerprint density at radius 1 is 1.37 bits per heavy atom. The number of nitrogens with one attached hydrogen (secondary N) is 1. The monoisotopic (exact) mass is 300 g/mol. The number of halogens is 2. The number of anilines is 1. The maximum absolute atomic E-state index is 6.28. The van der Waals surface area contributed by atoms with Crippen LogP contribution in [-0.2, 0) is 0 Å². The van der Waals surface area contributed by atoms with Crippen molar-refractivity contribution in [2.75, 3.05) is 31.1 Å². The van der Waals surface area contributed by atoms with E-state index in [0.29, 0.717) is 21.9 Å². The van der Waals surface area contributed by atoms with Crippen molar-refractivity contribution in [3.8, 4) is 0 Å². The Labute approximate surface area is 126 Å². The normalized spacial score (nSPS) is 19.4. The molecule has 4 heteroatoms. The third-order valence-corrected chi connectivity index (χ3v) is 4.35. The van der Waals surface area contributed by atoms with Crippen molar-refractivity contribution in [3.63, 3.8) is 0 Å². The van der Waals surface area contributed by atoms with Gasteiger partial charge < -0.3 is 10.2 Å². The summed E-state index contributed by atoms with van der Waals surface area (Å²) in [5.41, 5.74) is 1.07. The van der Waals surface area contributed by atoms with E-state index in [-0.39, 0.29) is 0 Å². The van der Waals surface area contributed by atoms with Gasteiger partial charge >= 0.3 is 0 Å². The van der Waals surface area contributed by atoms with Gasteiger partial charge in [-0.15, -0.1) is 0 Å². The average Bonchev–Trinajstić information content (AvgIpc) is 2.81. The van der Waals surface area contributed by atoms with Gasteiger partial charge in [-0.3, -0.25) is 0 Å². The van der Waals surface area contributed by atoms with E-state index in [4.69, 9.17) is 23.2 Å². The minimum absolute atomic E-state index is 0.639. The highest BCUT2D eigenvalue weighted by Crippen LogP contribution is 2.34. The molecule has 0 radical (unpaired) electrons. The van der Waals surface area contributed by atoms with Crippen LogP contribution >= 0.6 is 23.2 Å². The van der Waals surface area contributed by atoms with Crippen LogP contribution in [0.15, 0.2) is 18.2 Å². The maximum atomic E-state index is 6.28. The summed E-state index contributed by atoms with van der Waals surface area (Å²) in [6, 6.07) is 5.86. The van der Waals surface area contributed by atoms with Crippen molar-refractivity contribution in [2.24, 2.45) is 11.8 Å². The lowest BCUT2D eigenvalue weighted by atomic mass is 10.1. The number of hydrogen-bond acceptors (Lipinski definition) is 2. The lowest BCUT2D eigenvalue weighted by molar-refractivity contribution is 0.477.